The zero-order valence-corrected chi connectivity index (χ0v) is 9.27. The Morgan fingerprint density at radius 2 is 2.24 bits per heavy atom. The number of aromatic carboxylic acids is 1. The van der Waals surface area contributed by atoms with Crippen LogP contribution in [0.5, 0.6) is 0 Å². The first-order valence-corrected chi connectivity index (χ1v) is 5.56. The maximum absolute atomic E-state index is 10.7. The van der Waals surface area contributed by atoms with Gasteiger partial charge in [-0.2, -0.15) is 4.37 Å². The van der Waals surface area contributed by atoms with Crippen LogP contribution in [0.1, 0.15) is 10.6 Å². The maximum atomic E-state index is 10.7. The average molecular weight is 246 g/mol. The number of fused-ring (bicyclic) bond motifs is 1. The summed E-state index contributed by atoms with van der Waals surface area (Å²) < 4.78 is 9.86. The van der Waals surface area contributed by atoms with Gasteiger partial charge in [0.2, 0.25) is 5.76 Å². The molecule has 17 heavy (non-hydrogen) atoms. The number of carboxylic acids is 1. The highest BCUT2D eigenvalue weighted by Crippen LogP contribution is 2.25. The van der Waals surface area contributed by atoms with E-state index >= 15 is 0 Å². The zero-order chi connectivity index (χ0) is 11.8. The molecule has 0 aliphatic heterocycles. The summed E-state index contributed by atoms with van der Waals surface area (Å²) >= 11 is 1.41. The second-order valence-corrected chi connectivity index (χ2v) is 4.29. The van der Waals surface area contributed by atoms with Crippen molar-refractivity contribution in [3.05, 3.63) is 36.2 Å². The topological polar surface area (TPSA) is 76.2 Å². The molecule has 0 radical (unpaired) electrons. The summed E-state index contributed by atoms with van der Waals surface area (Å²) in [4.78, 5) is 10.7. The third-order valence-corrected chi connectivity index (χ3v) is 3.15. The molecule has 0 fully saturated rings. The highest BCUT2D eigenvalue weighted by molar-refractivity contribution is 7.13. The molecule has 0 aliphatic carbocycles. The van der Waals surface area contributed by atoms with Crippen LogP contribution in [0.4, 0.5) is 0 Å². The fourth-order valence-electron chi connectivity index (χ4n) is 1.54. The Morgan fingerprint density at radius 3 is 3.00 bits per heavy atom. The quantitative estimate of drug-likeness (QED) is 0.752. The van der Waals surface area contributed by atoms with Crippen molar-refractivity contribution in [2.24, 2.45) is 0 Å². The van der Waals surface area contributed by atoms with Crippen LogP contribution in [-0.2, 0) is 0 Å². The maximum Gasteiger partial charge on any atom is 0.374 e. The van der Waals surface area contributed by atoms with Gasteiger partial charge in [-0.1, -0.05) is 11.2 Å². The van der Waals surface area contributed by atoms with Crippen LogP contribution in [0.2, 0.25) is 0 Å². The summed E-state index contributed by atoms with van der Waals surface area (Å²) in [7, 11) is 0. The third kappa shape index (κ3) is 1.68. The first-order chi connectivity index (χ1) is 8.24. The average Bonchev–Trinajstić information content (AvgIpc) is 2.97. The number of aromatic nitrogens is 2. The molecule has 0 bridgehead atoms. The molecule has 0 atom stereocenters. The molecular formula is C11H6N2O3S. The van der Waals surface area contributed by atoms with Crippen LogP contribution in [0.3, 0.4) is 0 Å². The molecule has 0 aliphatic rings. The predicted molar refractivity (Wildman–Crippen MR) is 62.1 cm³/mol. The van der Waals surface area contributed by atoms with E-state index in [1.165, 1.54) is 17.6 Å². The summed E-state index contributed by atoms with van der Waals surface area (Å²) in [6.07, 6.45) is 1.77. The van der Waals surface area contributed by atoms with Crippen LogP contribution < -0.4 is 0 Å². The Bertz CT molecular complexity index is 701. The third-order valence-electron chi connectivity index (χ3n) is 2.37. The molecule has 2 aromatic heterocycles. The van der Waals surface area contributed by atoms with Crippen molar-refractivity contribution in [3.63, 3.8) is 0 Å². The first kappa shape index (κ1) is 9.98. The Hall–Kier alpha value is -2.21. The fourth-order valence-corrected chi connectivity index (χ4v) is 2.17. The van der Waals surface area contributed by atoms with Gasteiger partial charge in [0, 0.05) is 23.2 Å². The van der Waals surface area contributed by atoms with Gasteiger partial charge in [0.15, 0.2) is 0 Å². The molecule has 0 amide bonds. The molecule has 2 heterocycles. The van der Waals surface area contributed by atoms with Crippen LogP contribution >= 0.6 is 11.5 Å². The Balaban J connectivity index is 2.09. The summed E-state index contributed by atoms with van der Waals surface area (Å²) in [5, 5.41) is 13.5. The van der Waals surface area contributed by atoms with Crippen molar-refractivity contribution in [1.82, 2.24) is 9.53 Å². The van der Waals surface area contributed by atoms with Crippen LogP contribution in [0.25, 0.3) is 21.3 Å². The Kier molecular flexibility index (Phi) is 2.15. The summed E-state index contributed by atoms with van der Waals surface area (Å²) in [5.74, 6) is -1.29. The number of carbonyl (C=O) groups is 1. The van der Waals surface area contributed by atoms with E-state index in [2.05, 4.69) is 9.53 Å². The minimum absolute atomic E-state index is 0.163. The molecule has 0 spiro atoms. The summed E-state index contributed by atoms with van der Waals surface area (Å²) in [6, 6.07) is 7.10. The lowest BCUT2D eigenvalue weighted by atomic mass is 10.1. The molecule has 0 unspecified atom stereocenters. The predicted octanol–water partition coefficient (Wildman–Crippen LogP) is 2.65. The van der Waals surface area contributed by atoms with Gasteiger partial charge < -0.3 is 9.63 Å². The van der Waals surface area contributed by atoms with Gasteiger partial charge in [-0.25, -0.2) is 4.79 Å². The SMILES string of the molecule is O=C(O)c1cc(-c2ccc3sncc3c2)no1. The summed E-state index contributed by atoms with van der Waals surface area (Å²) in [6.45, 7) is 0. The van der Waals surface area contributed by atoms with Crippen molar-refractivity contribution in [2.75, 3.05) is 0 Å². The van der Waals surface area contributed by atoms with E-state index in [1.807, 2.05) is 18.2 Å². The number of hydrogen-bond acceptors (Lipinski definition) is 5. The van der Waals surface area contributed by atoms with E-state index in [4.69, 9.17) is 9.63 Å². The highest BCUT2D eigenvalue weighted by atomic mass is 32.1. The van der Waals surface area contributed by atoms with E-state index in [1.54, 1.807) is 6.20 Å². The number of benzene rings is 1. The van der Waals surface area contributed by atoms with Crippen molar-refractivity contribution in [3.8, 4) is 11.3 Å². The molecule has 3 aromatic rings. The summed E-state index contributed by atoms with van der Waals surface area (Å²) in [5.41, 5.74) is 1.32. The minimum Gasteiger partial charge on any atom is -0.475 e. The van der Waals surface area contributed by atoms with Gasteiger partial charge in [0.1, 0.15) is 5.69 Å². The molecule has 0 saturated heterocycles. The first-order valence-electron chi connectivity index (χ1n) is 4.79. The Labute approximate surface area is 99.5 Å². The van der Waals surface area contributed by atoms with Crippen molar-refractivity contribution in [1.29, 1.82) is 0 Å². The standard InChI is InChI=1S/C11H6N2O3S/c14-11(15)9-4-8(13-16-9)6-1-2-10-7(3-6)5-12-17-10/h1-5H,(H,14,15). The molecule has 6 heteroatoms. The van der Waals surface area contributed by atoms with E-state index in [0.717, 1.165) is 15.6 Å². The van der Waals surface area contributed by atoms with Gasteiger partial charge in [-0.3, -0.25) is 0 Å². The molecule has 84 valence electrons. The smallest absolute Gasteiger partial charge is 0.374 e. The lowest BCUT2D eigenvalue weighted by molar-refractivity contribution is 0.0652. The van der Waals surface area contributed by atoms with Crippen LogP contribution in [-0.4, -0.2) is 20.6 Å². The van der Waals surface area contributed by atoms with Gasteiger partial charge in [0.25, 0.3) is 0 Å². The monoisotopic (exact) mass is 246 g/mol. The lowest BCUT2D eigenvalue weighted by Gasteiger charge is -1.94. The fraction of sp³-hybridized carbons (Fsp3) is 0. The number of hydrogen-bond donors (Lipinski definition) is 1. The normalized spacial score (nSPS) is 10.8. The second kappa shape index (κ2) is 3.67. The molecular weight excluding hydrogens is 240 g/mol. The molecule has 3 rings (SSSR count). The van der Waals surface area contributed by atoms with Gasteiger partial charge >= 0.3 is 5.97 Å². The van der Waals surface area contributed by atoms with Gasteiger partial charge in [0.05, 0.1) is 4.70 Å². The lowest BCUT2D eigenvalue weighted by Crippen LogP contribution is -1.91. The van der Waals surface area contributed by atoms with E-state index in [9.17, 15) is 4.79 Å². The van der Waals surface area contributed by atoms with Gasteiger partial charge in [-0.15, -0.1) is 0 Å². The molecule has 5 nitrogen and oxygen atoms in total. The van der Waals surface area contributed by atoms with E-state index in [-0.39, 0.29) is 5.76 Å². The highest BCUT2D eigenvalue weighted by Gasteiger charge is 2.12. The van der Waals surface area contributed by atoms with E-state index < -0.39 is 5.97 Å². The molecule has 1 aromatic carbocycles. The number of rotatable bonds is 2. The van der Waals surface area contributed by atoms with Crippen LogP contribution in [0.15, 0.2) is 35.0 Å². The zero-order valence-electron chi connectivity index (χ0n) is 8.45. The van der Waals surface area contributed by atoms with Crippen molar-refractivity contribution in [2.45, 2.75) is 0 Å². The van der Waals surface area contributed by atoms with Crippen molar-refractivity contribution < 1.29 is 14.4 Å². The minimum atomic E-state index is -1.12. The Morgan fingerprint density at radius 1 is 1.35 bits per heavy atom. The van der Waals surface area contributed by atoms with Crippen molar-refractivity contribution >= 4 is 27.6 Å². The van der Waals surface area contributed by atoms with Gasteiger partial charge in [-0.05, 0) is 23.7 Å². The molecule has 0 saturated carbocycles. The van der Waals surface area contributed by atoms with Crippen LogP contribution in [0, 0.1) is 0 Å². The largest absolute Gasteiger partial charge is 0.475 e. The molecule has 1 N–H and O–H groups in total. The number of nitrogens with zero attached hydrogens (tertiary/aromatic N) is 2. The number of carboxylic acid groups (broad SMARTS) is 1. The van der Waals surface area contributed by atoms with E-state index in [0.29, 0.717) is 5.69 Å². The second-order valence-electron chi connectivity index (χ2n) is 3.46.